The van der Waals surface area contributed by atoms with Crippen molar-refractivity contribution in [3.05, 3.63) is 88.4 Å². The summed E-state index contributed by atoms with van der Waals surface area (Å²) in [7, 11) is 0. The molecular formula is C25H24Cl2N2O3. The number of carbonyl (C=O) groups excluding carboxylic acids is 2. The van der Waals surface area contributed by atoms with Crippen molar-refractivity contribution < 1.29 is 14.3 Å². The zero-order valence-corrected chi connectivity index (χ0v) is 19.2. The Balaban J connectivity index is 1.48. The number of hydrogen-bond donors (Lipinski definition) is 1. The standard InChI is InChI=1S/C25H24Cl2N2O3/c1-2-29(21-7-4-3-5-8-21)25(31)18-10-13-20(14-11-18)28-24(30)9-6-16-32-23-15-12-19(26)17-22(23)27/h3-5,7-8,10-15,17H,2,6,9,16H2,1H3,(H,28,30). The van der Waals surface area contributed by atoms with Crippen LogP contribution in [0.1, 0.15) is 30.1 Å². The maximum Gasteiger partial charge on any atom is 0.258 e. The van der Waals surface area contributed by atoms with E-state index in [4.69, 9.17) is 27.9 Å². The van der Waals surface area contributed by atoms with Gasteiger partial charge in [-0.3, -0.25) is 9.59 Å². The quantitative estimate of drug-likeness (QED) is 0.365. The molecule has 0 saturated heterocycles. The van der Waals surface area contributed by atoms with Crippen LogP contribution < -0.4 is 15.0 Å². The normalized spacial score (nSPS) is 10.5. The molecule has 0 unspecified atom stereocenters. The Kier molecular flexibility index (Phi) is 8.54. The molecule has 7 heteroatoms. The Bertz CT molecular complexity index is 1060. The minimum atomic E-state index is -0.130. The summed E-state index contributed by atoms with van der Waals surface area (Å²) in [6, 6.07) is 21.4. The second-order valence-corrected chi connectivity index (χ2v) is 7.88. The molecule has 166 valence electrons. The van der Waals surface area contributed by atoms with Crippen molar-refractivity contribution >= 4 is 46.4 Å². The van der Waals surface area contributed by atoms with Crippen LogP contribution in [0.15, 0.2) is 72.8 Å². The maximum absolute atomic E-state index is 12.9. The van der Waals surface area contributed by atoms with E-state index in [9.17, 15) is 9.59 Å². The van der Waals surface area contributed by atoms with E-state index in [0.717, 1.165) is 5.69 Å². The number of carbonyl (C=O) groups is 2. The summed E-state index contributed by atoms with van der Waals surface area (Å²) in [6.07, 6.45) is 0.827. The molecule has 2 amide bonds. The zero-order chi connectivity index (χ0) is 22.9. The number of nitrogens with one attached hydrogen (secondary N) is 1. The lowest BCUT2D eigenvalue weighted by Crippen LogP contribution is -2.30. The third kappa shape index (κ3) is 6.49. The van der Waals surface area contributed by atoms with Crippen LogP contribution in [-0.4, -0.2) is 25.0 Å². The SMILES string of the molecule is CCN(C(=O)c1ccc(NC(=O)CCCOc2ccc(Cl)cc2Cl)cc1)c1ccccc1. The first-order valence-corrected chi connectivity index (χ1v) is 11.1. The van der Waals surface area contributed by atoms with Gasteiger partial charge in [0, 0.05) is 34.9 Å². The number of anilines is 2. The molecule has 1 N–H and O–H groups in total. The van der Waals surface area contributed by atoms with Crippen molar-refractivity contribution in [2.45, 2.75) is 19.8 Å². The van der Waals surface area contributed by atoms with Crippen molar-refractivity contribution in [1.82, 2.24) is 0 Å². The minimum absolute atomic E-state index is 0.0883. The minimum Gasteiger partial charge on any atom is -0.492 e. The molecule has 0 fully saturated rings. The van der Waals surface area contributed by atoms with Gasteiger partial charge < -0.3 is 15.0 Å². The van der Waals surface area contributed by atoms with E-state index in [1.54, 1.807) is 47.4 Å². The van der Waals surface area contributed by atoms with Crippen LogP contribution in [0, 0.1) is 0 Å². The van der Waals surface area contributed by atoms with Gasteiger partial charge in [-0.1, -0.05) is 41.4 Å². The van der Waals surface area contributed by atoms with Gasteiger partial charge in [0.25, 0.3) is 5.91 Å². The zero-order valence-electron chi connectivity index (χ0n) is 17.7. The Labute approximate surface area is 197 Å². The van der Waals surface area contributed by atoms with Crippen LogP contribution in [-0.2, 0) is 4.79 Å². The molecule has 3 aromatic carbocycles. The lowest BCUT2D eigenvalue weighted by atomic mass is 10.1. The number of nitrogens with zero attached hydrogens (tertiary/aromatic N) is 1. The van der Waals surface area contributed by atoms with Crippen LogP contribution in [0.5, 0.6) is 5.75 Å². The average Bonchev–Trinajstić information content (AvgIpc) is 2.79. The Morgan fingerprint density at radius 2 is 1.69 bits per heavy atom. The predicted octanol–water partition coefficient (Wildman–Crippen LogP) is 6.46. The Hall–Kier alpha value is -3.02. The lowest BCUT2D eigenvalue weighted by Gasteiger charge is -2.21. The van der Waals surface area contributed by atoms with E-state index in [0.29, 0.717) is 53.0 Å². The van der Waals surface area contributed by atoms with Gasteiger partial charge in [0.1, 0.15) is 5.75 Å². The predicted molar refractivity (Wildman–Crippen MR) is 130 cm³/mol. The molecule has 0 bridgehead atoms. The molecule has 0 heterocycles. The summed E-state index contributed by atoms with van der Waals surface area (Å²) in [4.78, 5) is 26.8. The first kappa shape index (κ1) is 23.6. The number of ether oxygens (including phenoxy) is 1. The van der Waals surface area contributed by atoms with Gasteiger partial charge in [0.2, 0.25) is 5.91 Å². The van der Waals surface area contributed by atoms with E-state index in [1.165, 1.54) is 0 Å². The van der Waals surface area contributed by atoms with E-state index < -0.39 is 0 Å². The van der Waals surface area contributed by atoms with Gasteiger partial charge in [-0.25, -0.2) is 0 Å². The highest BCUT2D eigenvalue weighted by molar-refractivity contribution is 6.35. The van der Waals surface area contributed by atoms with Crippen LogP contribution in [0.4, 0.5) is 11.4 Å². The first-order chi connectivity index (χ1) is 15.5. The highest BCUT2D eigenvalue weighted by atomic mass is 35.5. The lowest BCUT2D eigenvalue weighted by molar-refractivity contribution is -0.116. The fourth-order valence-corrected chi connectivity index (χ4v) is 3.60. The highest BCUT2D eigenvalue weighted by Gasteiger charge is 2.16. The van der Waals surface area contributed by atoms with E-state index in [1.807, 2.05) is 37.3 Å². The molecule has 0 aliphatic carbocycles. The number of rotatable bonds is 9. The number of benzene rings is 3. The maximum atomic E-state index is 12.9. The van der Waals surface area contributed by atoms with E-state index >= 15 is 0 Å². The van der Waals surface area contributed by atoms with Crippen LogP contribution >= 0.6 is 23.2 Å². The van der Waals surface area contributed by atoms with Gasteiger partial charge in [-0.2, -0.15) is 0 Å². The molecule has 0 radical (unpaired) electrons. The summed E-state index contributed by atoms with van der Waals surface area (Å²) in [6.45, 7) is 2.85. The molecule has 0 aliphatic heterocycles. The monoisotopic (exact) mass is 470 g/mol. The molecule has 0 aliphatic rings. The molecule has 0 aromatic heterocycles. The summed E-state index contributed by atoms with van der Waals surface area (Å²) >= 11 is 11.9. The molecule has 0 spiro atoms. The fraction of sp³-hybridized carbons (Fsp3) is 0.200. The van der Waals surface area contributed by atoms with Gasteiger partial charge >= 0.3 is 0 Å². The van der Waals surface area contributed by atoms with Crippen LogP contribution in [0.2, 0.25) is 10.0 Å². The van der Waals surface area contributed by atoms with Crippen molar-refractivity contribution in [3.8, 4) is 5.75 Å². The van der Waals surface area contributed by atoms with Crippen LogP contribution in [0.3, 0.4) is 0 Å². The Morgan fingerprint density at radius 1 is 0.969 bits per heavy atom. The van der Waals surface area contributed by atoms with Gasteiger partial charge in [0.15, 0.2) is 0 Å². The summed E-state index contributed by atoms with van der Waals surface area (Å²) in [5.41, 5.74) is 2.04. The summed E-state index contributed by atoms with van der Waals surface area (Å²) in [5.74, 6) is 0.317. The molecule has 5 nitrogen and oxygen atoms in total. The number of para-hydroxylation sites is 1. The molecule has 0 atom stereocenters. The number of hydrogen-bond acceptors (Lipinski definition) is 3. The average molecular weight is 471 g/mol. The van der Waals surface area contributed by atoms with Crippen LogP contribution in [0.25, 0.3) is 0 Å². The second kappa shape index (κ2) is 11.6. The smallest absolute Gasteiger partial charge is 0.258 e. The largest absolute Gasteiger partial charge is 0.492 e. The molecule has 3 aromatic rings. The number of amides is 2. The van der Waals surface area contributed by atoms with Crippen molar-refractivity contribution in [2.75, 3.05) is 23.4 Å². The topological polar surface area (TPSA) is 58.6 Å². The molecule has 3 rings (SSSR count). The van der Waals surface area contributed by atoms with Gasteiger partial charge in [0.05, 0.1) is 11.6 Å². The molecule has 0 saturated carbocycles. The summed E-state index contributed by atoms with van der Waals surface area (Å²) < 4.78 is 5.59. The van der Waals surface area contributed by atoms with E-state index in [2.05, 4.69) is 5.32 Å². The first-order valence-electron chi connectivity index (χ1n) is 10.3. The molecule has 32 heavy (non-hydrogen) atoms. The third-order valence-corrected chi connectivity index (χ3v) is 5.27. The highest BCUT2D eigenvalue weighted by Crippen LogP contribution is 2.27. The van der Waals surface area contributed by atoms with Crippen molar-refractivity contribution in [2.24, 2.45) is 0 Å². The molecular weight excluding hydrogens is 447 g/mol. The fourth-order valence-electron chi connectivity index (χ4n) is 3.13. The van der Waals surface area contributed by atoms with Crippen molar-refractivity contribution in [1.29, 1.82) is 0 Å². The summed E-state index contributed by atoms with van der Waals surface area (Å²) in [5, 5.41) is 3.81. The second-order valence-electron chi connectivity index (χ2n) is 7.04. The van der Waals surface area contributed by atoms with Gasteiger partial charge in [-0.15, -0.1) is 0 Å². The van der Waals surface area contributed by atoms with Gasteiger partial charge in [-0.05, 0) is 67.9 Å². The van der Waals surface area contributed by atoms with Crippen molar-refractivity contribution in [3.63, 3.8) is 0 Å². The van der Waals surface area contributed by atoms with E-state index in [-0.39, 0.29) is 11.8 Å². The number of halogens is 2. The Morgan fingerprint density at radius 3 is 2.34 bits per heavy atom. The third-order valence-electron chi connectivity index (χ3n) is 4.74.